The van der Waals surface area contributed by atoms with E-state index in [1.165, 1.54) is 11.3 Å². The van der Waals surface area contributed by atoms with Gasteiger partial charge in [0, 0.05) is 42.3 Å². The van der Waals surface area contributed by atoms with Crippen molar-refractivity contribution in [1.29, 1.82) is 0 Å². The number of aromatic amines is 1. The molecule has 2 N–H and O–H groups in total. The molecule has 2 amide bonds. The number of H-pyrrole nitrogens is 1. The number of nitrogens with zero attached hydrogens (tertiary/aromatic N) is 3. The maximum absolute atomic E-state index is 12.1. The number of carbonyl (C=O) groups excluding carboxylic acids is 2. The van der Waals surface area contributed by atoms with Crippen molar-refractivity contribution in [1.82, 2.24) is 20.1 Å². The molecule has 146 valence electrons. The van der Waals surface area contributed by atoms with Gasteiger partial charge >= 0.3 is 6.09 Å². The van der Waals surface area contributed by atoms with Crippen LogP contribution in [0.1, 0.15) is 47.7 Å². The highest BCUT2D eigenvalue weighted by Crippen LogP contribution is 2.36. The van der Waals surface area contributed by atoms with E-state index in [1.54, 1.807) is 18.1 Å². The normalized spacial score (nSPS) is 19.1. The Morgan fingerprint density at radius 1 is 1.44 bits per heavy atom. The molecule has 8 nitrogen and oxygen atoms in total. The fraction of sp³-hybridized carbons (Fsp3) is 0.556. The molecule has 0 saturated heterocycles. The molecule has 2 aromatic rings. The Hall–Kier alpha value is -2.42. The quantitative estimate of drug-likeness (QED) is 0.788. The molecule has 2 aromatic heterocycles. The Bertz CT molecular complexity index is 803. The zero-order valence-corrected chi connectivity index (χ0v) is 16.6. The number of aryl methyl sites for hydroxylation is 1. The molecule has 1 saturated carbocycles. The molecule has 0 bridgehead atoms. The number of amides is 2. The molecule has 2 atom stereocenters. The van der Waals surface area contributed by atoms with E-state index >= 15 is 0 Å². The maximum atomic E-state index is 12.1. The highest BCUT2D eigenvalue weighted by molar-refractivity contribution is 7.11. The minimum absolute atomic E-state index is 0.0765. The summed E-state index contributed by atoms with van der Waals surface area (Å²) < 4.78 is 5.53. The second-order valence-electron chi connectivity index (χ2n) is 6.81. The maximum Gasteiger partial charge on any atom is 0.409 e. The summed E-state index contributed by atoms with van der Waals surface area (Å²) in [5, 5.41) is 11.0. The van der Waals surface area contributed by atoms with Crippen LogP contribution >= 0.6 is 11.3 Å². The minimum atomic E-state index is -0.279. The second kappa shape index (κ2) is 8.51. The van der Waals surface area contributed by atoms with Crippen molar-refractivity contribution in [3.63, 3.8) is 0 Å². The van der Waals surface area contributed by atoms with Crippen molar-refractivity contribution in [2.45, 2.75) is 51.6 Å². The van der Waals surface area contributed by atoms with Crippen LogP contribution in [-0.4, -0.2) is 51.8 Å². The van der Waals surface area contributed by atoms with Crippen molar-refractivity contribution >= 4 is 29.2 Å². The van der Waals surface area contributed by atoms with Crippen LogP contribution in [0.4, 0.5) is 10.6 Å². The number of hydrogen-bond donors (Lipinski definition) is 2. The summed E-state index contributed by atoms with van der Waals surface area (Å²) >= 11 is 1.52. The molecule has 3 rings (SSSR count). The smallest absolute Gasteiger partial charge is 0.409 e. The number of nitrogens with one attached hydrogen (secondary N) is 2. The van der Waals surface area contributed by atoms with Crippen molar-refractivity contribution < 1.29 is 14.3 Å². The number of anilines is 1. The standard InChI is InChI=1S/C18H25N5O3S/c1-4-23(3)18(25)26-13-6-5-12(7-13)15-9-16(22-21-15)20-17(24)8-14-10-19-11(2)27-14/h9-10,12-13H,4-8H2,1-3H3,(H2,20,21,22,24). The largest absolute Gasteiger partial charge is 0.446 e. The SMILES string of the molecule is CCN(C)C(=O)OC1CCC(c2cc(NC(=O)Cc3cnc(C)s3)n[nH]2)C1. The first-order chi connectivity index (χ1) is 12.9. The summed E-state index contributed by atoms with van der Waals surface area (Å²) in [7, 11) is 1.73. The van der Waals surface area contributed by atoms with Gasteiger partial charge in [0.2, 0.25) is 5.91 Å². The molecule has 1 fully saturated rings. The van der Waals surface area contributed by atoms with Crippen LogP contribution in [0, 0.1) is 6.92 Å². The molecular weight excluding hydrogens is 366 g/mol. The molecule has 27 heavy (non-hydrogen) atoms. The van der Waals surface area contributed by atoms with Crippen LogP contribution in [0.15, 0.2) is 12.3 Å². The van der Waals surface area contributed by atoms with Gasteiger partial charge in [0.15, 0.2) is 5.82 Å². The molecule has 0 aliphatic heterocycles. The van der Waals surface area contributed by atoms with Gasteiger partial charge < -0.3 is 15.0 Å². The average molecular weight is 391 g/mol. The number of carbonyl (C=O) groups is 2. The number of rotatable bonds is 6. The van der Waals surface area contributed by atoms with Crippen LogP contribution in [0.5, 0.6) is 0 Å². The molecule has 1 aliphatic rings. The van der Waals surface area contributed by atoms with E-state index in [9.17, 15) is 9.59 Å². The van der Waals surface area contributed by atoms with E-state index in [0.717, 1.165) is 34.8 Å². The highest BCUT2D eigenvalue weighted by atomic mass is 32.1. The molecule has 0 radical (unpaired) electrons. The fourth-order valence-electron chi connectivity index (χ4n) is 3.13. The Morgan fingerprint density at radius 2 is 2.26 bits per heavy atom. The molecule has 2 unspecified atom stereocenters. The van der Waals surface area contributed by atoms with Gasteiger partial charge in [0.1, 0.15) is 6.10 Å². The van der Waals surface area contributed by atoms with Gasteiger partial charge in [-0.05, 0) is 33.1 Å². The van der Waals surface area contributed by atoms with Gasteiger partial charge in [0.05, 0.1) is 11.4 Å². The van der Waals surface area contributed by atoms with E-state index in [1.807, 2.05) is 19.9 Å². The zero-order chi connectivity index (χ0) is 19.4. The molecule has 0 spiro atoms. The third-order valence-electron chi connectivity index (χ3n) is 4.75. The second-order valence-corrected chi connectivity index (χ2v) is 8.13. The summed E-state index contributed by atoms with van der Waals surface area (Å²) in [6, 6.07) is 1.86. The van der Waals surface area contributed by atoms with Crippen LogP contribution in [0.3, 0.4) is 0 Å². The summed E-state index contributed by atoms with van der Waals surface area (Å²) in [6.07, 6.45) is 4.18. The highest BCUT2D eigenvalue weighted by Gasteiger charge is 2.30. The zero-order valence-electron chi connectivity index (χ0n) is 15.8. The van der Waals surface area contributed by atoms with Gasteiger partial charge in [-0.25, -0.2) is 9.78 Å². The van der Waals surface area contributed by atoms with Crippen LogP contribution in [0.2, 0.25) is 0 Å². The van der Waals surface area contributed by atoms with E-state index < -0.39 is 0 Å². The van der Waals surface area contributed by atoms with Gasteiger partial charge in [-0.2, -0.15) is 5.10 Å². The Labute approximate surface area is 162 Å². The van der Waals surface area contributed by atoms with E-state index in [-0.39, 0.29) is 24.0 Å². The molecule has 2 heterocycles. The van der Waals surface area contributed by atoms with Gasteiger partial charge in [-0.15, -0.1) is 11.3 Å². The number of thiazole rings is 1. The first-order valence-corrected chi connectivity index (χ1v) is 9.94. The van der Waals surface area contributed by atoms with Crippen LogP contribution in [-0.2, 0) is 16.0 Å². The van der Waals surface area contributed by atoms with Gasteiger partial charge in [0.25, 0.3) is 0 Å². The topological polar surface area (TPSA) is 100 Å². The monoisotopic (exact) mass is 391 g/mol. The van der Waals surface area contributed by atoms with Crippen molar-refractivity contribution in [2.24, 2.45) is 0 Å². The molecular formula is C18H25N5O3S. The van der Waals surface area contributed by atoms with Crippen molar-refractivity contribution in [2.75, 3.05) is 18.9 Å². The Morgan fingerprint density at radius 3 is 2.96 bits per heavy atom. The first-order valence-electron chi connectivity index (χ1n) is 9.12. The lowest BCUT2D eigenvalue weighted by Gasteiger charge is -2.18. The Balaban J connectivity index is 1.50. The molecule has 9 heteroatoms. The van der Waals surface area contributed by atoms with Gasteiger partial charge in [-0.1, -0.05) is 0 Å². The third kappa shape index (κ3) is 5.06. The number of hydrogen-bond acceptors (Lipinski definition) is 6. The van der Waals surface area contributed by atoms with Gasteiger partial charge in [-0.3, -0.25) is 9.89 Å². The predicted molar refractivity (Wildman–Crippen MR) is 103 cm³/mol. The van der Waals surface area contributed by atoms with E-state index in [2.05, 4.69) is 20.5 Å². The van der Waals surface area contributed by atoms with Crippen LogP contribution < -0.4 is 5.32 Å². The minimum Gasteiger partial charge on any atom is -0.446 e. The van der Waals surface area contributed by atoms with Crippen molar-refractivity contribution in [3.05, 3.63) is 27.8 Å². The Kier molecular flexibility index (Phi) is 6.10. The summed E-state index contributed by atoms with van der Waals surface area (Å²) in [4.78, 5) is 30.7. The van der Waals surface area contributed by atoms with E-state index in [4.69, 9.17) is 4.74 Å². The number of aromatic nitrogens is 3. The van der Waals surface area contributed by atoms with Crippen molar-refractivity contribution in [3.8, 4) is 0 Å². The third-order valence-corrected chi connectivity index (χ3v) is 5.66. The predicted octanol–water partition coefficient (Wildman–Crippen LogP) is 3.08. The van der Waals surface area contributed by atoms with Crippen LogP contribution in [0.25, 0.3) is 0 Å². The number of ether oxygens (including phenoxy) is 1. The fourth-order valence-corrected chi connectivity index (χ4v) is 3.93. The lowest BCUT2D eigenvalue weighted by molar-refractivity contribution is -0.115. The first kappa shape index (κ1) is 19.3. The molecule has 1 aliphatic carbocycles. The summed E-state index contributed by atoms with van der Waals surface area (Å²) in [5.41, 5.74) is 0.960. The summed E-state index contributed by atoms with van der Waals surface area (Å²) in [6.45, 7) is 4.45. The lowest BCUT2D eigenvalue weighted by Crippen LogP contribution is -2.30. The molecule has 0 aromatic carbocycles. The van der Waals surface area contributed by atoms with E-state index in [0.29, 0.717) is 18.8 Å². The summed E-state index contributed by atoms with van der Waals surface area (Å²) in [5.74, 6) is 0.650. The average Bonchev–Trinajstić information content (AvgIpc) is 3.36. The lowest BCUT2D eigenvalue weighted by atomic mass is 10.0.